The highest BCUT2D eigenvalue weighted by Crippen LogP contribution is 2.40. The van der Waals surface area contributed by atoms with Crippen LogP contribution in [0.1, 0.15) is 0 Å². The predicted octanol–water partition coefficient (Wildman–Crippen LogP) is 19.3. The van der Waals surface area contributed by atoms with E-state index in [1.54, 1.807) is 0 Å². The van der Waals surface area contributed by atoms with Gasteiger partial charge in [-0.2, -0.15) is 0 Å². The Kier molecular flexibility index (Phi) is 13.0. The summed E-state index contributed by atoms with van der Waals surface area (Å²) in [6, 6.07) is 91.9. The lowest BCUT2D eigenvalue weighted by molar-refractivity contribution is 1.33. The van der Waals surface area contributed by atoms with Gasteiger partial charge in [0.1, 0.15) is 0 Å². The second-order valence-electron chi connectivity index (χ2n) is 19.6. The van der Waals surface area contributed by atoms with Crippen molar-refractivity contribution in [2.45, 2.75) is 0 Å². The highest BCUT2D eigenvalue weighted by atomic mass is 14.6. The van der Waals surface area contributed by atoms with E-state index < -0.39 is 0 Å². The van der Waals surface area contributed by atoms with Gasteiger partial charge in [-0.05, 0) is 203 Å². The van der Waals surface area contributed by atoms with Crippen LogP contribution in [0.15, 0.2) is 304 Å². The molecule has 0 bridgehead atoms. The molecular weight excluding hydrogens is 945 g/mol. The largest absolute Gasteiger partial charge is 0.264 e. The summed E-state index contributed by atoms with van der Waals surface area (Å²) in [6.45, 7) is 0. The van der Waals surface area contributed by atoms with E-state index in [1.165, 1.54) is 11.1 Å². The second kappa shape index (κ2) is 21.4. The average molecular weight is 995 g/mol. The van der Waals surface area contributed by atoms with E-state index in [0.29, 0.717) is 0 Å². The van der Waals surface area contributed by atoms with Crippen LogP contribution in [0.4, 0.5) is 0 Å². The fourth-order valence-corrected chi connectivity index (χ4v) is 10.5. The molecule has 0 spiro atoms. The van der Waals surface area contributed by atoms with Crippen molar-refractivity contribution in [1.29, 1.82) is 0 Å². The molecule has 0 saturated heterocycles. The molecule has 0 N–H and O–H groups in total. The number of hydrogen-bond acceptors (Lipinski definition) is 4. The van der Waals surface area contributed by atoms with Crippen molar-refractivity contribution in [3.05, 3.63) is 304 Å². The van der Waals surface area contributed by atoms with Gasteiger partial charge in [0, 0.05) is 77.4 Å². The van der Waals surface area contributed by atoms with Crippen molar-refractivity contribution >= 4 is 0 Å². The summed E-state index contributed by atoms with van der Waals surface area (Å²) < 4.78 is 0. The monoisotopic (exact) mass is 994 g/mol. The molecule has 4 aromatic heterocycles. The first-order chi connectivity index (χ1) is 38.6. The Balaban J connectivity index is 0.867. The minimum absolute atomic E-state index is 1.04. The van der Waals surface area contributed by atoms with Crippen molar-refractivity contribution < 1.29 is 0 Å². The van der Waals surface area contributed by atoms with Crippen molar-refractivity contribution in [2.75, 3.05) is 0 Å². The smallest absolute Gasteiger partial charge is 0.0346 e. The Morgan fingerprint density at radius 2 is 0.321 bits per heavy atom. The van der Waals surface area contributed by atoms with Gasteiger partial charge in [0.25, 0.3) is 0 Å². The molecule has 13 aromatic rings. The molecule has 4 nitrogen and oxygen atoms in total. The number of pyridine rings is 4. The van der Waals surface area contributed by atoms with Crippen LogP contribution in [0, 0.1) is 0 Å². The summed E-state index contributed by atoms with van der Waals surface area (Å²) in [6.07, 6.45) is 15.2. The summed E-state index contributed by atoms with van der Waals surface area (Å²) in [5.74, 6) is 0. The third kappa shape index (κ3) is 10.2. The summed E-state index contributed by atoms with van der Waals surface area (Å²) in [4.78, 5) is 18.1. The van der Waals surface area contributed by atoms with E-state index in [9.17, 15) is 0 Å². The Morgan fingerprint density at radius 1 is 0.128 bits per heavy atom. The Hall–Kier alpha value is -10.4. The molecule has 0 atom stereocenters. The van der Waals surface area contributed by atoms with E-state index in [4.69, 9.17) is 4.98 Å². The second-order valence-corrected chi connectivity index (χ2v) is 19.6. The van der Waals surface area contributed by atoms with Gasteiger partial charge >= 0.3 is 0 Å². The molecule has 9 aromatic carbocycles. The summed E-state index contributed by atoms with van der Waals surface area (Å²) in [5, 5.41) is 0. The molecule has 0 radical (unpaired) electrons. The minimum Gasteiger partial charge on any atom is -0.264 e. The van der Waals surface area contributed by atoms with Crippen LogP contribution in [0.5, 0.6) is 0 Å². The Morgan fingerprint density at radius 3 is 0.590 bits per heavy atom. The normalized spacial score (nSPS) is 11.1. The van der Waals surface area contributed by atoms with Crippen LogP contribution in [-0.2, 0) is 0 Å². The summed E-state index contributed by atoms with van der Waals surface area (Å²) in [5.41, 5.74) is 26.9. The van der Waals surface area contributed by atoms with Gasteiger partial charge in [0.15, 0.2) is 0 Å². The van der Waals surface area contributed by atoms with Crippen LogP contribution < -0.4 is 0 Å². The predicted molar refractivity (Wildman–Crippen MR) is 323 cm³/mol. The van der Waals surface area contributed by atoms with Gasteiger partial charge in [-0.15, -0.1) is 0 Å². The van der Waals surface area contributed by atoms with Crippen molar-refractivity contribution in [3.63, 3.8) is 0 Å². The maximum Gasteiger partial charge on any atom is 0.0346 e. The van der Waals surface area contributed by atoms with Crippen LogP contribution >= 0.6 is 0 Å². The van der Waals surface area contributed by atoms with Gasteiger partial charge in [-0.25, -0.2) is 0 Å². The number of hydrogen-bond donors (Lipinski definition) is 0. The molecule has 0 saturated carbocycles. The molecule has 0 aliphatic carbocycles. The molecule has 0 aliphatic rings. The number of rotatable bonds is 12. The fourth-order valence-electron chi connectivity index (χ4n) is 10.5. The van der Waals surface area contributed by atoms with E-state index in [1.807, 2.05) is 67.8 Å². The quantitative estimate of drug-likeness (QED) is 0.122. The molecule has 0 unspecified atom stereocenters. The lowest BCUT2D eigenvalue weighted by Gasteiger charge is -2.14. The van der Waals surface area contributed by atoms with E-state index in [2.05, 4.69) is 252 Å². The molecule has 78 heavy (non-hydrogen) atoms. The highest BCUT2D eigenvalue weighted by molar-refractivity contribution is 5.88. The number of aromatic nitrogens is 4. The first-order valence-corrected chi connectivity index (χ1v) is 26.3. The molecule has 4 heteroatoms. The third-order valence-corrected chi connectivity index (χ3v) is 14.5. The fraction of sp³-hybridized carbons (Fsp3) is 0. The SMILES string of the molecule is c1ccc(-c2cccc(-c3cc(-c4cccc(-c5cccnc5)c4)cc(-c4cccc(-c5cncc(-c6cccc(-c7cc(-c8cccc(-c9cccnc9)c8)cc(-c8cccc(-c9cccnc9)c8)c7)c6)c5)c4)c3)c2)cc1. The van der Waals surface area contributed by atoms with Crippen molar-refractivity contribution in [1.82, 2.24) is 19.9 Å². The van der Waals surface area contributed by atoms with Crippen LogP contribution in [0.3, 0.4) is 0 Å². The molecule has 13 rings (SSSR count). The van der Waals surface area contributed by atoms with Gasteiger partial charge in [-0.3, -0.25) is 19.9 Å². The molecule has 0 fully saturated rings. The van der Waals surface area contributed by atoms with Gasteiger partial charge in [0.05, 0.1) is 0 Å². The maximum absolute atomic E-state index is 4.88. The first-order valence-electron chi connectivity index (χ1n) is 26.3. The highest BCUT2D eigenvalue weighted by Gasteiger charge is 2.15. The standard InChI is InChI=1S/C74H50N4/c1-2-13-51(14-3-1)52-15-4-19-56(33-52)67-39-68(57-20-5-16-53(34-57)64-27-10-30-75-46-64)42-71(40-67)60-23-8-25-62(37-60)73-45-74(50-78-49-73)63-26-9-24-61(38-63)72-43-69(58-21-6-17-54(35-58)65-28-11-31-76-47-65)41-70(44-72)59-22-7-18-55(36-59)66-29-12-32-77-48-66/h1-50H. The summed E-state index contributed by atoms with van der Waals surface area (Å²) >= 11 is 0. The number of nitrogens with zero attached hydrogens (tertiary/aromatic N) is 4. The Labute approximate surface area is 455 Å². The lowest BCUT2D eigenvalue weighted by atomic mass is 9.90. The first kappa shape index (κ1) is 47.3. The molecule has 366 valence electrons. The van der Waals surface area contributed by atoms with E-state index >= 15 is 0 Å². The molecule has 0 aliphatic heterocycles. The number of benzene rings is 9. The van der Waals surface area contributed by atoms with Crippen LogP contribution in [0.25, 0.3) is 134 Å². The van der Waals surface area contributed by atoms with Gasteiger partial charge < -0.3 is 0 Å². The van der Waals surface area contributed by atoms with E-state index in [0.717, 1.165) is 122 Å². The van der Waals surface area contributed by atoms with Crippen molar-refractivity contribution in [3.8, 4) is 134 Å². The Bertz CT molecular complexity index is 3780. The third-order valence-electron chi connectivity index (χ3n) is 14.5. The zero-order chi connectivity index (χ0) is 52.0. The minimum atomic E-state index is 1.04. The zero-order valence-corrected chi connectivity index (χ0v) is 42.7. The lowest BCUT2D eigenvalue weighted by Crippen LogP contribution is -1.90. The average Bonchev–Trinajstić information content (AvgIpc) is 3.56. The molecule has 0 amide bonds. The zero-order valence-electron chi connectivity index (χ0n) is 42.7. The van der Waals surface area contributed by atoms with E-state index in [-0.39, 0.29) is 0 Å². The summed E-state index contributed by atoms with van der Waals surface area (Å²) in [7, 11) is 0. The van der Waals surface area contributed by atoms with Crippen LogP contribution in [0.2, 0.25) is 0 Å². The van der Waals surface area contributed by atoms with Crippen molar-refractivity contribution in [2.24, 2.45) is 0 Å². The van der Waals surface area contributed by atoms with Gasteiger partial charge in [0.2, 0.25) is 0 Å². The molecular formula is C74H50N4. The van der Waals surface area contributed by atoms with Gasteiger partial charge in [-0.1, -0.05) is 158 Å². The topological polar surface area (TPSA) is 51.6 Å². The molecule has 4 heterocycles. The van der Waals surface area contributed by atoms with Crippen LogP contribution in [-0.4, -0.2) is 19.9 Å². The maximum atomic E-state index is 4.88.